The van der Waals surface area contributed by atoms with E-state index in [2.05, 4.69) is 0 Å². The number of carbonyl (C=O) groups is 2. The van der Waals surface area contributed by atoms with Crippen molar-refractivity contribution in [2.24, 2.45) is 0 Å². The number of carbonyl (C=O) groups excluding carboxylic acids is 2. The van der Waals surface area contributed by atoms with Gasteiger partial charge in [0.05, 0.1) is 24.7 Å². The van der Waals surface area contributed by atoms with E-state index in [1.54, 1.807) is 4.90 Å². The normalized spacial score (nSPS) is 19.5. The number of amides is 1. The van der Waals surface area contributed by atoms with Crippen LogP contribution in [0.1, 0.15) is 19.3 Å². The highest BCUT2D eigenvalue weighted by atomic mass is 32.2. The van der Waals surface area contributed by atoms with Crippen LogP contribution in [-0.2, 0) is 14.3 Å². The standard InChI is InChI=1S/C11H16N2O3S/c1-16-11(15)9-4-2-3-6-13(9)10(14)8-17-7-5-12/h9H,2-4,6-8H2,1H3/t9-/m1/s1. The van der Waals surface area contributed by atoms with Crippen molar-refractivity contribution in [1.82, 2.24) is 4.90 Å². The first-order chi connectivity index (χ1) is 8.20. The number of hydrogen-bond acceptors (Lipinski definition) is 5. The van der Waals surface area contributed by atoms with Crippen LogP contribution in [0.25, 0.3) is 0 Å². The van der Waals surface area contributed by atoms with Gasteiger partial charge in [0.1, 0.15) is 6.04 Å². The fourth-order valence-electron chi connectivity index (χ4n) is 1.88. The topological polar surface area (TPSA) is 70.4 Å². The number of nitrogens with zero attached hydrogens (tertiary/aromatic N) is 2. The van der Waals surface area contributed by atoms with Gasteiger partial charge in [-0.2, -0.15) is 5.26 Å². The molecule has 0 bridgehead atoms. The van der Waals surface area contributed by atoms with Crippen molar-refractivity contribution in [3.8, 4) is 6.07 Å². The van der Waals surface area contributed by atoms with Crippen LogP contribution < -0.4 is 0 Å². The molecule has 0 aromatic heterocycles. The van der Waals surface area contributed by atoms with Crippen LogP contribution in [0.15, 0.2) is 0 Å². The highest BCUT2D eigenvalue weighted by molar-refractivity contribution is 8.00. The summed E-state index contributed by atoms with van der Waals surface area (Å²) in [6, 6.07) is 1.53. The Morgan fingerprint density at radius 3 is 2.94 bits per heavy atom. The molecule has 6 heteroatoms. The quantitative estimate of drug-likeness (QED) is 0.549. The summed E-state index contributed by atoms with van der Waals surface area (Å²) in [7, 11) is 1.34. The third kappa shape index (κ3) is 3.93. The van der Waals surface area contributed by atoms with Gasteiger partial charge < -0.3 is 9.64 Å². The van der Waals surface area contributed by atoms with Crippen LogP contribution in [0.5, 0.6) is 0 Å². The Morgan fingerprint density at radius 2 is 2.29 bits per heavy atom. The first-order valence-electron chi connectivity index (χ1n) is 5.52. The maximum absolute atomic E-state index is 11.9. The van der Waals surface area contributed by atoms with Gasteiger partial charge in [0.15, 0.2) is 0 Å². The Kier molecular flexibility index (Phi) is 5.84. The number of hydrogen-bond donors (Lipinski definition) is 0. The maximum atomic E-state index is 11.9. The number of ether oxygens (including phenoxy) is 1. The number of methoxy groups -OCH3 is 1. The fourth-order valence-corrected chi connectivity index (χ4v) is 2.41. The zero-order valence-corrected chi connectivity index (χ0v) is 10.7. The molecule has 0 aromatic rings. The lowest BCUT2D eigenvalue weighted by atomic mass is 10.0. The van der Waals surface area contributed by atoms with Gasteiger partial charge in [-0.15, -0.1) is 11.8 Å². The molecule has 94 valence electrons. The second-order valence-electron chi connectivity index (χ2n) is 3.77. The van der Waals surface area contributed by atoms with Gasteiger partial charge in [0.2, 0.25) is 5.91 Å². The Hall–Kier alpha value is -1.22. The first-order valence-corrected chi connectivity index (χ1v) is 6.68. The molecule has 0 aliphatic carbocycles. The van der Waals surface area contributed by atoms with E-state index in [0.29, 0.717) is 18.7 Å². The second-order valence-corrected chi connectivity index (χ2v) is 4.76. The minimum Gasteiger partial charge on any atom is -0.467 e. The number of likely N-dealkylation sites (tertiary alicyclic amines) is 1. The van der Waals surface area contributed by atoms with Crippen molar-refractivity contribution >= 4 is 23.6 Å². The van der Waals surface area contributed by atoms with Gasteiger partial charge in [0.25, 0.3) is 0 Å². The molecule has 1 saturated heterocycles. The molecule has 1 aliphatic heterocycles. The molecular formula is C11H16N2O3S. The van der Waals surface area contributed by atoms with Crippen LogP contribution in [-0.4, -0.2) is 48.0 Å². The van der Waals surface area contributed by atoms with Gasteiger partial charge in [-0.05, 0) is 19.3 Å². The molecule has 5 nitrogen and oxygen atoms in total. The zero-order chi connectivity index (χ0) is 12.7. The Morgan fingerprint density at radius 1 is 1.53 bits per heavy atom. The summed E-state index contributed by atoms with van der Waals surface area (Å²) in [5.74, 6) is 0.118. The van der Waals surface area contributed by atoms with Crippen LogP contribution >= 0.6 is 11.8 Å². The minimum atomic E-state index is -0.441. The number of rotatable bonds is 4. The number of nitriles is 1. The third-order valence-corrected chi connectivity index (χ3v) is 3.47. The van der Waals surface area contributed by atoms with Crippen LogP contribution in [0.4, 0.5) is 0 Å². The highest BCUT2D eigenvalue weighted by Crippen LogP contribution is 2.19. The molecule has 0 radical (unpaired) electrons. The molecular weight excluding hydrogens is 240 g/mol. The van der Waals surface area contributed by atoms with Gasteiger partial charge in [0, 0.05) is 6.54 Å². The van der Waals surface area contributed by atoms with Crippen molar-refractivity contribution in [2.75, 3.05) is 25.2 Å². The first kappa shape index (κ1) is 13.8. The van der Waals surface area contributed by atoms with Crippen molar-refractivity contribution in [2.45, 2.75) is 25.3 Å². The van der Waals surface area contributed by atoms with Crippen molar-refractivity contribution < 1.29 is 14.3 Å². The summed E-state index contributed by atoms with van der Waals surface area (Å²) < 4.78 is 4.70. The molecule has 1 fully saturated rings. The molecule has 1 amide bonds. The molecule has 0 spiro atoms. The molecule has 1 rings (SSSR count). The average Bonchev–Trinajstić information content (AvgIpc) is 2.38. The van der Waals surface area contributed by atoms with E-state index >= 15 is 0 Å². The van der Waals surface area contributed by atoms with Crippen molar-refractivity contribution in [3.05, 3.63) is 0 Å². The number of esters is 1. The smallest absolute Gasteiger partial charge is 0.328 e. The lowest BCUT2D eigenvalue weighted by Crippen LogP contribution is -2.49. The number of piperidine rings is 1. The summed E-state index contributed by atoms with van der Waals surface area (Å²) in [4.78, 5) is 25.0. The summed E-state index contributed by atoms with van der Waals surface area (Å²) in [6.45, 7) is 0.603. The van der Waals surface area contributed by atoms with Crippen molar-refractivity contribution in [3.63, 3.8) is 0 Å². The maximum Gasteiger partial charge on any atom is 0.328 e. The molecule has 17 heavy (non-hydrogen) atoms. The summed E-state index contributed by atoms with van der Waals surface area (Å²) >= 11 is 1.27. The molecule has 0 saturated carbocycles. The average molecular weight is 256 g/mol. The van der Waals surface area contributed by atoms with Gasteiger partial charge in [-0.25, -0.2) is 4.79 Å². The molecule has 0 unspecified atom stereocenters. The van der Waals surface area contributed by atoms with Gasteiger partial charge in [-0.1, -0.05) is 0 Å². The minimum absolute atomic E-state index is 0.0830. The Labute approximate surface area is 105 Å². The molecule has 1 atom stereocenters. The lowest BCUT2D eigenvalue weighted by Gasteiger charge is -2.33. The van der Waals surface area contributed by atoms with Crippen LogP contribution in [0, 0.1) is 11.3 Å². The molecule has 0 N–H and O–H groups in total. The Bertz CT molecular complexity index is 327. The second kappa shape index (κ2) is 7.17. The van der Waals surface area contributed by atoms with Gasteiger partial charge >= 0.3 is 5.97 Å². The summed E-state index contributed by atoms with van der Waals surface area (Å²) in [5, 5.41) is 8.40. The molecule has 0 aromatic carbocycles. The van der Waals surface area contributed by atoms with E-state index in [0.717, 1.165) is 12.8 Å². The third-order valence-electron chi connectivity index (χ3n) is 2.69. The van der Waals surface area contributed by atoms with Crippen LogP contribution in [0.2, 0.25) is 0 Å². The Balaban J connectivity index is 2.55. The predicted molar refractivity (Wildman–Crippen MR) is 64.3 cm³/mol. The van der Waals surface area contributed by atoms with Crippen molar-refractivity contribution in [1.29, 1.82) is 5.26 Å². The number of thioether (sulfide) groups is 1. The lowest BCUT2D eigenvalue weighted by molar-refractivity contribution is -0.153. The molecule has 1 heterocycles. The predicted octanol–water partition coefficient (Wildman–Crippen LogP) is 0.797. The zero-order valence-electron chi connectivity index (χ0n) is 9.85. The van der Waals surface area contributed by atoms with E-state index in [-0.39, 0.29) is 17.6 Å². The highest BCUT2D eigenvalue weighted by Gasteiger charge is 2.32. The van der Waals surface area contributed by atoms with E-state index in [1.807, 2.05) is 6.07 Å². The van der Waals surface area contributed by atoms with Gasteiger partial charge in [-0.3, -0.25) is 4.79 Å². The molecule has 1 aliphatic rings. The largest absolute Gasteiger partial charge is 0.467 e. The van der Waals surface area contributed by atoms with E-state index in [1.165, 1.54) is 18.9 Å². The van der Waals surface area contributed by atoms with E-state index < -0.39 is 6.04 Å². The van der Waals surface area contributed by atoms with E-state index in [9.17, 15) is 9.59 Å². The summed E-state index contributed by atoms with van der Waals surface area (Å²) in [6.07, 6.45) is 2.53. The fraction of sp³-hybridized carbons (Fsp3) is 0.727. The monoisotopic (exact) mass is 256 g/mol. The van der Waals surface area contributed by atoms with E-state index in [4.69, 9.17) is 10.00 Å². The SMILES string of the molecule is COC(=O)[C@H]1CCCCN1C(=O)CSCC#N. The summed E-state index contributed by atoms with van der Waals surface area (Å²) in [5.41, 5.74) is 0. The van der Waals surface area contributed by atoms with Crippen LogP contribution in [0.3, 0.4) is 0 Å².